The van der Waals surface area contributed by atoms with Gasteiger partial charge in [0.15, 0.2) is 0 Å². The number of anilines is 1. The first kappa shape index (κ1) is 13.3. The van der Waals surface area contributed by atoms with E-state index in [1.54, 1.807) is 6.20 Å². The predicted molar refractivity (Wildman–Crippen MR) is 79.9 cm³/mol. The number of ether oxygens (including phenoxy) is 1. The molecule has 0 spiro atoms. The van der Waals surface area contributed by atoms with Crippen LogP contribution in [0.3, 0.4) is 0 Å². The Morgan fingerprint density at radius 3 is 2.95 bits per heavy atom. The second-order valence-electron chi connectivity index (χ2n) is 5.23. The van der Waals surface area contributed by atoms with E-state index in [9.17, 15) is 0 Å². The molecule has 0 saturated carbocycles. The van der Waals surface area contributed by atoms with Gasteiger partial charge in [0, 0.05) is 31.1 Å². The Morgan fingerprint density at radius 1 is 1.30 bits per heavy atom. The highest BCUT2D eigenvalue weighted by atomic mass is 16.5. The third-order valence-electron chi connectivity index (χ3n) is 3.58. The largest absolute Gasteiger partial charge is 0.379 e. The predicted octanol–water partition coefficient (Wildman–Crippen LogP) is 1.76. The van der Waals surface area contributed by atoms with Gasteiger partial charge < -0.3 is 10.1 Å². The lowest BCUT2D eigenvalue weighted by Gasteiger charge is -2.29. The van der Waals surface area contributed by atoms with E-state index in [4.69, 9.17) is 4.74 Å². The molecule has 1 unspecified atom stereocenters. The van der Waals surface area contributed by atoms with Gasteiger partial charge in [-0.15, -0.1) is 0 Å². The third-order valence-corrected chi connectivity index (χ3v) is 3.58. The van der Waals surface area contributed by atoms with Gasteiger partial charge in [-0.25, -0.2) is 0 Å². The van der Waals surface area contributed by atoms with Gasteiger partial charge in [0.25, 0.3) is 0 Å². The van der Waals surface area contributed by atoms with Crippen molar-refractivity contribution >= 4 is 16.6 Å². The van der Waals surface area contributed by atoms with Crippen LogP contribution < -0.4 is 5.32 Å². The summed E-state index contributed by atoms with van der Waals surface area (Å²) in [7, 11) is 0. The molecule has 3 rings (SSSR count). The van der Waals surface area contributed by atoms with Gasteiger partial charge >= 0.3 is 0 Å². The number of nitrogens with one attached hydrogen (secondary N) is 1. The SMILES string of the molecule is CC(CN1CCOCC1)Nc1cnnc2ccccc12. The lowest BCUT2D eigenvalue weighted by atomic mass is 10.2. The molecule has 1 atom stereocenters. The molecule has 0 aliphatic carbocycles. The smallest absolute Gasteiger partial charge is 0.0950 e. The number of fused-ring (bicyclic) bond motifs is 1. The minimum absolute atomic E-state index is 0.362. The van der Waals surface area contributed by atoms with Crippen LogP contribution in [-0.4, -0.2) is 54.0 Å². The molecular formula is C15H20N4O. The second-order valence-corrected chi connectivity index (χ2v) is 5.23. The summed E-state index contributed by atoms with van der Waals surface area (Å²) in [5, 5.41) is 12.9. The molecule has 0 amide bonds. The topological polar surface area (TPSA) is 50.3 Å². The molecule has 0 bridgehead atoms. The first-order valence-electron chi connectivity index (χ1n) is 7.10. The lowest BCUT2D eigenvalue weighted by Crippen LogP contribution is -2.42. The minimum Gasteiger partial charge on any atom is -0.379 e. The van der Waals surface area contributed by atoms with Crippen molar-refractivity contribution in [2.24, 2.45) is 0 Å². The number of aromatic nitrogens is 2. The molecule has 1 N–H and O–H groups in total. The lowest BCUT2D eigenvalue weighted by molar-refractivity contribution is 0.0368. The molecule has 2 aromatic rings. The molecule has 1 aliphatic heterocycles. The highest BCUT2D eigenvalue weighted by Crippen LogP contribution is 2.20. The van der Waals surface area contributed by atoms with E-state index in [0.717, 1.165) is 49.4 Å². The molecule has 5 nitrogen and oxygen atoms in total. The molecule has 20 heavy (non-hydrogen) atoms. The molecular weight excluding hydrogens is 252 g/mol. The summed E-state index contributed by atoms with van der Waals surface area (Å²) in [4.78, 5) is 2.43. The number of hydrogen-bond donors (Lipinski definition) is 1. The Labute approximate surface area is 118 Å². The molecule has 1 aliphatic rings. The van der Waals surface area contributed by atoms with Crippen molar-refractivity contribution in [3.8, 4) is 0 Å². The summed E-state index contributed by atoms with van der Waals surface area (Å²) in [6.45, 7) is 6.92. The molecule has 1 saturated heterocycles. The van der Waals surface area contributed by atoms with E-state index in [2.05, 4.69) is 33.4 Å². The molecule has 1 aromatic heterocycles. The Balaban J connectivity index is 1.69. The van der Waals surface area contributed by atoms with Gasteiger partial charge in [0.1, 0.15) is 0 Å². The van der Waals surface area contributed by atoms with Gasteiger partial charge in [0.2, 0.25) is 0 Å². The summed E-state index contributed by atoms with van der Waals surface area (Å²) < 4.78 is 5.38. The van der Waals surface area contributed by atoms with Crippen LogP contribution in [-0.2, 0) is 4.74 Å². The maximum Gasteiger partial charge on any atom is 0.0950 e. The van der Waals surface area contributed by atoms with Crippen LogP contribution in [0.15, 0.2) is 30.5 Å². The number of rotatable bonds is 4. The van der Waals surface area contributed by atoms with Crippen LogP contribution in [0.4, 0.5) is 5.69 Å². The van der Waals surface area contributed by atoms with Crippen molar-refractivity contribution in [1.82, 2.24) is 15.1 Å². The van der Waals surface area contributed by atoms with Crippen LogP contribution in [0.25, 0.3) is 10.9 Å². The van der Waals surface area contributed by atoms with E-state index in [1.165, 1.54) is 0 Å². The van der Waals surface area contributed by atoms with E-state index in [1.807, 2.05) is 18.2 Å². The highest BCUT2D eigenvalue weighted by Gasteiger charge is 2.14. The van der Waals surface area contributed by atoms with Gasteiger partial charge in [-0.2, -0.15) is 10.2 Å². The maximum atomic E-state index is 5.38. The molecule has 1 fully saturated rings. The zero-order chi connectivity index (χ0) is 13.8. The maximum absolute atomic E-state index is 5.38. The van der Waals surface area contributed by atoms with E-state index < -0.39 is 0 Å². The second kappa shape index (κ2) is 6.15. The summed E-state index contributed by atoms with van der Waals surface area (Å²) in [6.07, 6.45) is 1.80. The Kier molecular flexibility index (Phi) is 4.08. The van der Waals surface area contributed by atoms with E-state index in [0.29, 0.717) is 6.04 Å². The summed E-state index contributed by atoms with van der Waals surface area (Å²) >= 11 is 0. The van der Waals surface area contributed by atoms with Gasteiger partial charge in [-0.3, -0.25) is 4.90 Å². The molecule has 0 radical (unpaired) electrons. The van der Waals surface area contributed by atoms with Crippen molar-refractivity contribution in [2.45, 2.75) is 13.0 Å². The van der Waals surface area contributed by atoms with Crippen molar-refractivity contribution in [2.75, 3.05) is 38.2 Å². The van der Waals surface area contributed by atoms with Gasteiger partial charge in [0.05, 0.1) is 30.6 Å². The highest BCUT2D eigenvalue weighted by molar-refractivity contribution is 5.90. The fourth-order valence-corrected chi connectivity index (χ4v) is 2.60. The normalized spacial score (nSPS) is 18.1. The first-order valence-corrected chi connectivity index (χ1v) is 7.10. The van der Waals surface area contributed by atoms with E-state index in [-0.39, 0.29) is 0 Å². The van der Waals surface area contributed by atoms with Crippen molar-refractivity contribution < 1.29 is 4.74 Å². The van der Waals surface area contributed by atoms with E-state index >= 15 is 0 Å². The van der Waals surface area contributed by atoms with Crippen molar-refractivity contribution in [3.05, 3.63) is 30.5 Å². The number of nitrogens with zero attached hydrogens (tertiary/aromatic N) is 3. The minimum atomic E-state index is 0.362. The van der Waals surface area contributed by atoms with Gasteiger partial charge in [-0.1, -0.05) is 18.2 Å². The molecule has 2 heterocycles. The Hall–Kier alpha value is -1.72. The monoisotopic (exact) mass is 272 g/mol. The number of morpholine rings is 1. The average molecular weight is 272 g/mol. The van der Waals surface area contributed by atoms with Gasteiger partial charge in [-0.05, 0) is 13.0 Å². The zero-order valence-corrected chi connectivity index (χ0v) is 11.7. The Morgan fingerprint density at radius 2 is 2.10 bits per heavy atom. The Bertz CT molecular complexity index is 563. The third kappa shape index (κ3) is 3.05. The summed E-state index contributed by atoms with van der Waals surface area (Å²) in [5.41, 5.74) is 1.98. The standard InChI is InChI=1S/C15H20N4O/c1-12(11-19-6-8-20-9-7-19)17-15-10-16-18-14-5-3-2-4-13(14)15/h2-5,10,12H,6-9,11H2,1H3,(H,17,18). The van der Waals surface area contributed by atoms with Crippen molar-refractivity contribution in [3.63, 3.8) is 0 Å². The van der Waals surface area contributed by atoms with Crippen molar-refractivity contribution in [1.29, 1.82) is 0 Å². The van der Waals surface area contributed by atoms with Crippen LogP contribution in [0.5, 0.6) is 0 Å². The fraction of sp³-hybridized carbons (Fsp3) is 0.467. The van der Waals surface area contributed by atoms with Crippen LogP contribution >= 0.6 is 0 Å². The first-order chi connectivity index (χ1) is 9.83. The molecule has 5 heteroatoms. The number of benzene rings is 1. The van der Waals surface area contributed by atoms with Crippen LogP contribution in [0.2, 0.25) is 0 Å². The van der Waals surface area contributed by atoms with Crippen LogP contribution in [0, 0.1) is 0 Å². The summed E-state index contributed by atoms with van der Waals surface area (Å²) in [6, 6.07) is 8.44. The average Bonchev–Trinajstić information content (AvgIpc) is 2.48. The molecule has 1 aromatic carbocycles. The zero-order valence-electron chi connectivity index (χ0n) is 11.7. The quantitative estimate of drug-likeness (QED) is 0.919. The fourth-order valence-electron chi connectivity index (χ4n) is 2.60. The van der Waals surface area contributed by atoms with Crippen LogP contribution in [0.1, 0.15) is 6.92 Å². The molecule has 106 valence electrons. The summed E-state index contributed by atoms with van der Waals surface area (Å²) in [5.74, 6) is 0. The number of hydrogen-bond acceptors (Lipinski definition) is 5.